The zero-order valence-corrected chi connectivity index (χ0v) is 23.7. The number of benzene rings is 1. The second-order valence-corrected chi connectivity index (χ2v) is 13.7. The van der Waals surface area contributed by atoms with Gasteiger partial charge in [-0.2, -0.15) is 4.31 Å². The van der Waals surface area contributed by atoms with Crippen molar-refractivity contribution in [2.75, 3.05) is 37.6 Å². The van der Waals surface area contributed by atoms with Gasteiger partial charge in [0, 0.05) is 24.1 Å². The van der Waals surface area contributed by atoms with Gasteiger partial charge in [-0.15, -0.1) is 11.3 Å². The Balaban J connectivity index is 1.67. The van der Waals surface area contributed by atoms with Gasteiger partial charge in [0.1, 0.15) is 10.3 Å². The molecule has 1 atom stereocenters. The summed E-state index contributed by atoms with van der Waals surface area (Å²) in [6, 6.07) is 8.13. The number of aromatic nitrogens is 1. The Kier molecular flexibility index (Phi) is 8.33. The summed E-state index contributed by atoms with van der Waals surface area (Å²) in [5.74, 6) is -0.228. The topological polar surface area (TPSA) is 73.8 Å². The minimum Gasteiger partial charge on any atom is -0.302 e. The van der Waals surface area contributed by atoms with Crippen molar-refractivity contribution in [2.24, 2.45) is 0 Å². The highest BCUT2D eigenvalue weighted by Crippen LogP contribution is 2.35. The summed E-state index contributed by atoms with van der Waals surface area (Å²) in [6.45, 7) is 7.34. The summed E-state index contributed by atoms with van der Waals surface area (Å²) in [6.07, 6.45) is 1.11. The van der Waals surface area contributed by atoms with Gasteiger partial charge >= 0.3 is 0 Å². The van der Waals surface area contributed by atoms with Gasteiger partial charge in [0.15, 0.2) is 5.13 Å². The van der Waals surface area contributed by atoms with Crippen LogP contribution in [0.5, 0.6) is 0 Å². The second kappa shape index (κ2) is 10.9. The predicted molar refractivity (Wildman–Crippen MR) is 144 cm³/mol. The number of anilines is 1. The zero-order chi connectivity index (χ0) is 24.5. The van der Waals surface area contributed by atoms with Gasteiger partial charge in [-0.25, -0.2) is 13.4 Å². The van der Waals surface area contributed by atoms with E-state index in [0.717, 1.165) is 39.1 Å². The van der Waals surface area contributed by atoms with E-state index >= 15 is 0 Å². The van der Waals surface area contributed by atoms with E-state index < -0.39 is 16.1 Å². The van der Waals surface area contributed by atoms with E-state index in [-0.39, 0.29) is 10.1 Å². The molecule has 0 saturated carbocycles. The first-order valence-corrected chi connectivity index (χ1v) is 15.4. The molecule has 1 aromatic carbocycles. The highest BCUT2D eigenvalue weighted by Gasteiger charge is 2.42. The summed E-state index contributed by atoms with van der Waals surface area (Å²) < 4.78 is 30.5. The molecule has 3 heterocycles. The first kappa shape index (κ1) is 26.0. The third-order valence-electron chi connectivity index (χ3n) is 5.97. The van der Waals surface area contributed by atoms with Gasteiger partial charge in [-0.1, -0.05) is 52.7 Å². The number of carbonyl (C=O) groups is 1. The predicted octanol–water partition coefficient (Wildman–Crippen LogP) is 5.30. The quantitative estimate of drug-likeness (QED) is 0.331. The first-order valence-electron chi connectivity index (χ1n) is 11.1. The number of likely N-dealkylation sites (N-methyl/N-ethyl adjacent to an activating group) is 1. The van der Waals surface area contributed by atoms with E-state index in [1.807, 2.05) is 18.2 Å². The fourth-order valence-corrected chi connectivity index (χ4v) is 8.90. The van der Waals surface area contributed by atoms with Crippen LogP contribution in [0.2, 0.25) is 4.34 Å². The van der Waals surface area contributed by atoms with Gasteiger partial charge in [-0.3, -0.25) is 9.69 Å². The number of amides is 1. The fraction of sp³-hybridized carbons (Fsp3) is 0.455. The van der Waals surface area contributed by atoms with E-state index in [4.69, 9.17) is 16.6 Å². The molecular formula is C22H26BrClN4O3S3. The van der Waals surface area contributed by atoms with Gasteiger partial charge < -0.3 is 4.90 Å². The molecule has 0 N–H and O–H groups in total. The lowest BCUT2D eigenvalue weighted by Gasteiger charge is -2.29. The Morgan fingerprint density at radius 1 is 1.21 bits per heavy atom. The molecule has 1 unspecified atom stereocenters. The minimum absolute atomic E-state index is 0.164. The smallest absolute Gasteiger partial charge is 0.253 e. The molecule has 4 rings (SSSR count). The summed E-state index contributed by atoms with van der Waals surface area (Å²) in [5.41, 5.74) is 0.813. The summed E-state index contributed by atoms with van der Waals surface area (Å²) in [4.78, 5) is 22.5. The van der Waals surface area contributed by atoms with Crippen LogP contribution in [0.3, 0.4) is 0 Å². The Hall–Kier alpha value is -1.08. The molecule has 0 bridgehead atoms. The number of fused-ring (bicyclic) bond motifs is 1. The van der Waals surface area contributed by atoms with Crippen molar-refractivity contribution in [3.8, 4) is 0 Å². The van der Waals surface area contributed by atoms with Gasteiger partial charge in [0.2, 0.25) is 5.91 Å². The number of thiazole rings is 1. The minimum atomic E-state index is -3.81. The standard InChI is InChI=1S/C22H26BrClN4O3S3/c1-3-26(4-2)12-13-27(22-25-16-8-7-15(23)14-18(16)32-22)21(29)17-6-5-11-28(17)34(30,31)20-10-9-19(24)33-20/h7-10,14,17H,3-6,11-13H2,1-2H3. The molecule has 1 aliphatic rings. The van der Waals surface area contributed by atoms with Gasteiger partial charge in [0.25, 0.3) is 10.0 Å². The normalized spacial score (nSPS) is 17.1. The van der Waals surface area contributed by atoms with Crippen molar-refractivity contribution in [3.63, 3.8) is 0 Å². The van der Waals surface area contributed by atoms with Gasteiger partial charge in [0.05, 0.1) is 14.6 Å². The fourth-order valence-electron chi connectivity index (χ4n) is 4.09. The van der Waals surface area contributed by atoms with Crippen LogP contribution in [0.1, 0.15) is 26.7 Å². The molecule has 1 saturated heterocycles. The Morgan fingerprint density at radius 2 is 1.97 bits per heavy atom. The monoisotopic (exact) mass is 604 g/mol. The average molecular weight is 606 g/mol. The molecule has 2 aromatic heterocycles. The lowest BCUT2D eigenvalue weighted by atomic mass is 10.2. The van der Waals surface area contributed by atoms with E-state index in [0.29, 0.717) is 41.9 Å². The largest absolute Gasteiger partial charge is 0.302 e. The van der Waals surface area contributed by atoms with Crippen LogP contribution in [0.15, 0.2) is 39.0 Å². The highest BCUT2D eigenvalue weighted by atomic mass is 79.9. The van der Waals surface area contributed by atoms with Crippen molar-refractivity contribution in [1.29, 1.82) is 0 Å². The van der Waals surface area contributed by atoms with Crippen LogP contribution in [-0.2, 0) is 14.8 Å². The maximum Gasteiger partial charge on any atom is 0.253 e. The van der Waals surface area contributed by atoms with E-state index in [1.54, 1.807) is 11.0 Å². The van der Waals surface area contributed by atoms with Crippen LogP contribution >= 0.6 is 50.2 Å². The molecule has 12 heteroatoms. The third-order valence-corrected chi connectivity index (χ3v) is 11.1. The van der Waals surface area contributed by atoms with E-state index in [1.165, 1.54) is 21.7 Å². The number of hydrogen-bond acceptors (Lipinski definition) is 7. The second-order valence-electron chi connectivity index (χ2n) is 7.96. The molecule has 7 nitrogen and oxygen atoms in total. The Labute approximate surface area is 221 Å². The number of carbonyl (C=O) groups excluding carboxylic acids is 1. The molecule has 184 valence electrons. The summed E-state index contributed by atoms with van der Waals surface area (Å²) in [5, 5.41) is 0.591. The van der Waals surface area contributed by atoms with Crippen molar-refractivity contribution in [1.82, 2.24) is 14.2 Å². The van der Waals surface area contributed by atoms with Gasteiger partial charge in [-0.05, 0) is 56.3 Å². The number of halogens is 2. The molecule has 1 aliphatic heterocycles. The molecule has 0 spiro atoms. The Morgan fingerprint density at radius 3 is 2.65 bits per heavy atom. The number of hydrogen-bond donors (Lipinski definition) is 0. The third kappa shape index (κ3) is 5.35. The molecule has 0 radical (unpaired) electrons. The SMILES string of the molecule is CCN(CC)CCN(C(=O)C1CCCN1S(=O)(=O)c1ccc(Cl)s1)c1nc2ccc(Br)cc2s1. The maximum atomic E-state index is 13.9. The van der Waals surface area contributed by atoms with Crippen LogP contribution < -0.4 is 4.90 Å². The molecular weight excluding hydrogens is 580 g/mol. The molecule has 0 aliphatic carbocycles. The number of thiophene rings is 1. The summed E-state index contributed by atoms with van der Waals surface area (Å²) in [7, 11) is -3.81. The van der Waals surface area contributed by atoms with Crippen LogP contribution in [-0.4, -0.2) is 67.3 Å². The Bertz CT molecular complexity index is 1280. The molecule has 34 heavy (non-hydrogen) atoms. The lowest BCUT2D eigenvalue weighted by molar-refractivity contribution is -0.121. The van der Waals surface area contributed by atoms with E-state index in [9.17, 15) is 13.2 Å². The number of nitrogens with zero attached hydrogens (tertiary/aromatic N) is 4. The van der Waals surface area contributed by atoms with Crippen LogP contribution in [0.25, 0.3) is 10.2 Å². The van der Waals surface area contributed by atoms with Crippen molar-refractivity contribution < 1.29 is 13.2 Å². The molecule has 1 amide bonds. The lowest BCUT2D eigenvalue weighted by Crippen LogP contribution is -2.49. The first-order chi connectivity index (χ1) is 16.2. The average Bonchev–Trinajstić information content (AvgIpc) is 3.55. The number of rotatable bonds is 9. The van der Waals surface area contributed by atoms with Crippen LogP contribution in [0.4, 0.5) is 5.13 Å². The van der Waals surface area contributed by atoms with E-state index in [2.05, 4.69) is 34.7 Å². The maximum absolute atomic E-state index is 13.9. The number of sulfonamides is 1. The molecule has 3 aromatic rings. The van der Waals surface area contributed by atoms with Crippen molar-refractivity contribution >= 4 is 81.5 Å². The highest BCUT2D eigenvalue weighted by molar-refractivity contribution is 9.10. The zero-order valence-electron chi connectivity index (χ0n) is 18.9. The van der Waals surface area contributed by atoms with Crippen molar-refractivity contribution in [2.45, 2.75) is 36.9 Å². The summed E-state index contributed by atoms with van der Waals surface area (Å²) >= 11 is 11.9. The molecule has 1 fully saturated rings. The van der Waals surface area contributed by atoms with Crippen molar-refractivity contribution in [3.05, 3.63) is 39.1 Å². The van der Waals surface area contributed by atoms with Crippen LogP contribution in [0, 0.1) is 0 Å².